The Morgan fingerprint density at radius 2 is 1.85 bits per heavy atom. The monoisotopic (exact) mass is 464 g/mol. The Kier molecular flexibility index (Phi) is 6.05. The Morgan fingerprint density at radius 1 is 1.09 bits per heavy atom. The topological polar surface area (TPSA) is 132 Å². The van der Waals surface area contributed by atoms with Gasteiger partial charge in [0, 0.05) is 17.7 Å². The van der Waals surface area contributed by atoms with Crippen LogP contribution in [-0.2, 0) is 16.1 Å². The second-order valence-corrected chi connectivity index (χ2v) is 7.43. The highest BCUT2D eigenvalue weighted by molar-refractivity contribution is 6.46. The van der Waals surface area contributed by atoms with Gasteiger partial charge in [0.25, 0.3) is 17.4 Å². The van der Waals surface area contributed by atoms with Crippen molar-refractivity contribution in [3.8, 4) is 11.5 Å². The zero-order chi connectivity index (χ0) is 24.4. The summed E-state index contributed by atoms with van der Waals surface area (Å²) in [6, 6.07) is 12.4. The van der Waals surface area contributed by atoms with E-state index in [4.69, 9.17) is 13.9 Å². The standard InChI is InChI=1S/C24H20N2O8/c1-32-18-9-8-14(12-19(18)33-2)21-20(22(27)15-5-3-6-16(11-15)26(30)31)23(28)24(29)25(21)13-17-7-4-10-34-17/h3-12,21,27H,13H2,1-2H3/b22-20+. The lowest BCUT2D eigenvalue weighted by Gasteiger charge is -2.25. The summed E-state index contributed by atoms with van der Waals surface area (Å²) >= 11 is 0. The highest BCUT2D eigenvalue weighted by atomic mass is 16.6. The number of aliphatic hydroxyl groups excluding tert-OH is 1. The predicted molar refractivity (Wildman–Crippen MR) is 119 cm³/mol. The van der Waals surface area contributed by atoms with Gasteiger partial charge in [0.2, 0.25) is 0 Å². The molecule has 1 aliphatic heterocycles. The molecule has 1 fully saturated rings. The maximum Gasteiger partial charge on any atom is 0.296 e. The molecule has 1 unspecified atom stereocenters. The van der Waals surface area contributed by atoms with Crippen LogP contribution in [-0.4, -0.2) is 40.8 Å². The number of ether oxygens (including phenoxy) is 2. The molecule has 34 heavy (non-hydrogen) atoms. The van der Waals surface area contributed by atoms with E-state index in [1.54, 1.807) is 30.3 Å². The van der Waals surface area contributed by atoms with Gasteiger partial charge < -0.3 is 23.9 Å². The van der Waals surface area contributed by atoms with Crippen molar-refractivity contribution in [1.82, 2.24) is 4.90 Å². The minimum Gasteiger partial charge on any atom is -0.507 e. The number of nitro groups is 1. The van der Waals surface area contributed by atoms with Crippen LogP contribution < -0.4 is 9.47 Å². The fraction of sp³-hybridized carbons (Fsp3) is 0.167. The minimum absolute atomic E-state index is 0.0377. The third-order valence-corrected chi connectivity index (χ3v) is 5.50. The number of methoxy groups -OCH3 is 2. The van der Waals surface area contributed by atoms with Gasteiger partial charge in [0.05, 0.1) is 43.6 Å². The van der Waals surface area contributed by atoms with Gasteiger partial charge in [0.15, 0.2) is 11.5 Å². The zero-order valence-corrected chi connectivity index (χ0v) is 18.3. The van der Waals surface area contributed by atoms with Crippen LogP contribution in [0.2, 0.25) is 0 Å². The van der Waals surface area contributed by atoms with Gasteiger partial charge in [-0.2, -0.15) is 0 Å². The van der Waals surface area contributed by atoms with Gasteiger partial charge in [-0.3, -0.25) is 19.7 Å². The fourth-order valence-corrected chi connectivity index (χ4v) is 3.91. The first-order chi connectivity index (χ1) is 16.3. The molecular formula is C24H20N2O8. The first-order valence-corrected chi connectivity index (χ1v) is 10.1. The van der Waals surface area contributed by atoms with Crippen LogP contribution in [0.1, 0.15) is 22.9 Å². The van der Waals surface area contributed by atoms with Crippen molar-refractivity contribution >= 4 is 23.1 Å². The Morgan fingerprint density at radius 3 is 2.50 bits per heavy atom. The fourth-order valence-electron chi connectivity index (χ4n) is 3.91. The van der Waals surface area contributed by atoms with Crippen molar-refractivity contribution in [3.63, 3.8) is 0 Å². The third kappa shape index (κ3) is 3.96. The number of Topliss-reactive ketones (excluding diaryl/α,β-unsaturated/α-hetero) is 1. The van der Waals surface area contributed by atoms with Crippen LogP contribution in [0.25, 0.3) is 5.76 Å². The number of amides is 1. The molecule has 0 radical (unpaired) electrons. The van der Waals surface area contributed by atoms with Crippen LogP contribution in [0.15, 0.2) is 70.9 Å². The Bertz CT molecular complexity index is 1300. The SMILES string of the molecule is COc1ccc(C2/C(=C(\O)c3cccc([N+](=O)[O-])c3)C(=O)C(=O)N2Cc2ccco2)cc1OC. The second kappa shape index (κ2) is 9.10. The number of nitro benzene ring substituents is 1. The molecule has 1 aliphatic rings. The summed E-state index contributed by atoms with van der Waals surface area (Å²) in [5, 5.41) is 22.3. The summed E-state index contributed by atoms with van der Waals surface area (Å²) in [5.41, 5.74) is 0.0341. The summed E-state index contributed by atoms with van der Waals surface area (Å²) in [6.07, 6.45) is 1.44. The number of likely N-dealkylation sites (tertiary alicyclic amines) is 1. The van der Waals surface area contributed by atoms with E-state index in [1.165, 1.54) is 43.6 Å². The highest BCUT2D eigenvalue weighted by Crippen LogP contribution is 2.42. The number of carbonyl (C=O) groups excluding carboxylic acids is 2. The quantitative estimate of drug-likeness (QED) is 0.183. The average Bonchev–Trinajstić information content (AvgIpc) is 3.45. The van der Waals surface area contributed by atoms with E-state index >= 15 is 0 Å². The van der Waals surface area contributed by atoms with Crippen molar-refractivity contribution < 1.29 is 33.5 Å². The van der Waals surface area contributed by atoms with Crippen LogP contribution in [0.3, 0.4) is 0 Å². The molecule has 1 atom stereocenters. The molecule has 4 rings (SSSR count). The van der Waals surface area contributed by atoms with Gasteiger partial charge in [-0.1, -0.05) is 18.2 Å². The smallest absolute Gasteiger partial charge is 0.296 e. The molecule has 0 bridgehead atoms. The van der Waals surface area contributed by atoms with Crippen molar-refractivity contribution in [3.05, 3.63) is 93.4 Å². The molecule has 174 valence electrons. The largest absolute Gasteiger partial charge is 0.507 e. The summed E-state index contributed by atoms with van der Waals surface area (Å²) in [6.45, 7) is -0.0394. The number of hydrogen-bond donors (Lipinski definition) is 1. The summed E-state index contributed by atoms with van der Waals surface area (Å²) < 4.78 is 16.0. The number of hydrogen-bond acceptors (Lipinski definition) is 8. The number of non-ortho nitro benzene ring substituents is 1. The van der Waals surface area contributed by atoms with E-state index < -0.39 is 28.4 Å². The summed E-state index contributed by atoms with van der Waals surface area (Å²) in [5.74, 6) is -1.06. The van der Waals surface area contributed by atoms with Crippen LogP contribution in [0.4, 0.5) is 5.69 Å². The molecule has 1 amide bonds. The summed E-state index contributed by atoms with van der Waals surface area (Å²) in [7, 11) is 2.92. The molecule has 1 aromatic heterocycles. The van der Waals surface area contributed by atoms with Gasteiger partial charge in [-0.05, 0) is 29.8 Å². The van der Waals surface area contributed by atoms with Crippen LogP contribution in [0, 0.1) is 10.1 Å². The van der Waals surface area contributed by atoms with E-state index in [2.05, 4.69) is 0 Å². The van der Waals surface area contributed by atoms with Crippen molar-refractivity contribution in [2.75, 3.05) is 14.2 Å². The van der Waals surface area contributed by atoms with E-state index in [0.29, 0.717) is 22.8 Å². The zero-order valence-electron chi connectivity index (χ0n) is 18.3. The number of nitrogens with zero attached hydrogens (tertiary/aromatic N) is 2. The Balaban J connectivity index is 1.91. The molecule has 0 saturated carbocycles. The maximum absolute atomic E-state index is 13.1. The van der Waals surface area contributed by atoms with Gasteiger partial charge in [-0.15, -0.1) is 0 Å². The molecular weight excluding hydrogens is 444 g/mol. The van der Waals surface area contributed by atoms with Crippen molar-refractivity contribution in [2.24, 2.45) is 0 Å². The number of benzene rings is 2. The summed E-state index contributed by atoms with van der Waals surface area (Å²) in [4.78, 5) is 38.0. The molecule has 0 aliphatic carbocycles. The maximum atomic E-state index is 13.1. The van der Waals surface area contributed by atoms with Gasteiger partial charge in [-0.25, -0.2) is 0 Å². The average molecular weight is 464 g/mol. The molecule has 2 aromatic carbocycles. The molecule has 0 spiro atoms. The van der Waals surface area contributed by atoms with Crippen molar-refractivity contribution in [2.45, 2.75) is 12.6 Å². The molecule has 2 heterocycles. The number of furan rings is 1. The van der Waals surface area contributed by atoms with Gasteiger partial charge >= 0.3 is 0 Å². The number of carbonyl (C=O) groups is 2. The van der Waals surface area contributed by atoms with Gasteiger partial charge in [0.1, 0.15) is 11.5 Å². The normalized spacial score (nSPS) is 17.1. The Labute approximate surface area is 193 Å². The van der Waals surface area contributed by atoms with E-state index in [1.807, 2.05) is 0 Å². The number of rotatable bonds is 7. The van der Waals surface area contributed by atoms with E-state index in [-0.39, 0.29) is 23.4 Å². The predicted octanol–water partition coefficient (Wildman–Crippen LogP) is 3.83. The lowest BCUT2D eigenvalue weighted by atomic mass is 9.94. The minimum atomic E-state index is -1.01. The van der Waals surface area contributed by atoms with E-state index in [0.717, 1.165) is 6.07 Å². The number of ketones is 1. The lowest BCUT2D eigenvalue weighted by Crippen LogP contribution is -2.29. The Hall–Kier alpha value is -4.60. The molecule has 1 saturated heterocycles. The van der Waals surface area contributed by atoms with Crippen LogP contribution >= 0.6 is 0 Å². The first-order valence-electron chi connectivity index (χ1n) is 10.1. The van der Waals surface area contributed by atoms with Crippen LogP contribution in [0.5, 0.6) is 11.5 Å². The number of aliphatic hydroxyl groups is 1. The highest BCUT2D eigenvalue weighted by Gasteiger charge is 2.46. The lowest BCUT2D eigenvalue weighted by molar-refractivity contribution is -0.384. The first kappa shape index (κ1) is 22.6. The molecule has 1 N–H and O–H groups in total. The molecule has 10 nitrogen and oxygen atoms in total. The van der Waals surface area contributed by atoms with Crippen molar-refractivity contribution in [1.29, 1.82) is 0 Å². The second-order valence-electron chi connectivity index (χ2n) is 7.43. The molecule has 10 heteroatoms. The third-order valence-electron chi connectivity index (χ3n) is 5.50. The molecule has 3 aromatic rings. The van der Waals surface area contributed by atoms with E-state index in [9.17, 15) is 24.8 Å².